The summed E-state index contributed by atoms with van der Waals surface area (Å²) in [7, 11) is 0. The molecule has 2 heterocycles. The number of halogens is 1. The van der Waals surface area contributed by atoms with Gasteiger partial charge in [0.15, 0.2) is 11.7 Å². The van der Waals surface area contributed by atoms with Gasteiger partial charge in [-0.05, 0) is 41.1 Å². The Morgan fingerprint density at radius 3 is 2.94 bits per heavy atom. The smallest absolute Gasteiger partial charge is 0.174 e. The Balaban J connectivity index is 2.66. The third-order valence-corrected chi connectivity index (χ3v) is 2.83. The highest BCUT2D eigenvalue weighted by molar-refractivity contribution is 14.1. The summed E-state index contributed by atoms with van der Waals surface area (Å²) in [6.07, 6.45) is 5.19. The van der Waals surface area contributed by atoms with Gasteiger partial charge in [0.1, 0.15) is 0 Å². The lowest BCUT2D eigenvalue weighted by atomic mass is 10.1. The van der Waals surface area contributed by atoms with Gasteiger partial charge in [0, 0.05) is 12.4 Å². The molecule has 0 spiro atoms. The third-order valence-electron chi connectivity index (χ3n) is 2.27. The number of hydrogen-bond donors (Lipinski definition) is 2. The van der Waals surface area contributed by atoms with Crippen molar-refractivity contribution in [3.05, 3.63) is 39.4 Å². The van der Waals surface area contributed by atoms with E-state index in [1.807, 2.05) is 13.1 Å². The fourth-order valence-corrected chi connectivity index (χ4v) is 1.89. The van der Waals surface area contributed by atoms with Crippen LogP contribution in [0.15, 0.2) is 29.8 Å². The lowest BCUT2D eigenvalue weighted by Crippen LogP contribution is -2.19. The lowest BCUT2D eigenvalue weighted by molar-refractivity contribution is 0.318. The van der Waals surface area contributed by atoms with Crippen molar-refractivity contribution >= 4 is 28.4 Å². The van der Waals surface area contributed by atoms with Gasteiger partial charge >= 0.3 is 0 Å². The van der Waals surface area contributed by atoms with E-state index in [1.165, 1.54) is 0 Å². The summed E-state index contributed by atoms with van der Waals surface area (Å²) in [5.74, 6) is 0.569. The maximum Gasteiger partial charge on any atom is 0.174 e. The SMILES string of the molecule is Cc1ccnc(-n2cc(I)cn2)c1/C(N)=N/O. The van der Waals surface area contributed by atoms with Crippen LogP contribution in [0, 0.1) is 10.5 Å². The van der Waals surface area contributed by atoms with Gasteiger partial charge in [0.05, 0.1) is 15.3 Å². The summed E-state index contributed by atoms with van der Waals surface area (Å²) >= 11 is 2.15. The second-order valence-electron chi connectivity index (χ2n) is 3.41. The maximum absolute atomic E-state index is 8.79. The van der Waals surface area contributed by atoms with Crippen molar-refractivity contribution in [2.45, 2.75) is 6.92 Å². The Hall–Kier alpha value is -1.64. The Labute approximate surface area is 111 Å². The minimum absolute atomic E-state index is 0.0242. The van der Waals surface area contributed by atoms with Crippen molar-refractivity contribution in [1.29, 1.82) is 0 Å². The van der Waals surface area contributed by atoms with Crippen LogP contribution in [-0.4, -0.2) is 25.8 Å². The number of aryl methyl sites for hydroxylation is 1. The number of rotatable bonds is 2. The summed E-state index contributed by atoms with van der Waals surface area (Å²) < 4.78 is 2.58. The maximum atomic E-state index is 8.79. The number of hydrogen-bond acceptors (Lipinski definition) is 4. The number of nitrogens with two attached hydrogens (primary N) is 1. The van der Waals surface area contributed by atoms with Crippen LogP contribution in [0.5, 0.6) is 0 Å². The van der Waals surface area contributed by atoms with Crippen molar-refractivity contribution < 1.29 is 5.21 Å². The molecule has 6 nitrogen and oxygen atoms in total. The molecular weight excluding hydrogens is 333 g/mol. The van der Waals surface area contributed by atoms with Crippen LogP contribution in [0.3, 0.4) is 0 Å². The summed E-state index contributed by atoms with van der Waals surface area (Å²) in [5, 5.41) is 16.0. The lowest BCUT2D eigenvalue weighted by Gasteiger charge is -2.09. The van der Waals surface area contributed by atoms with Gasteiger partial charge in [-0.3, -0.25) is 0 Å². The molecule has 2 rings (SSSR count). The van der Waals surface area contributed by atoms with Gasteiger partial charge in [-0.2, -0.15) is 5.10 Å². The quantitative estimate of drug-likeness (QED) is 0.283. The minimum atomic E-state index is 0.0242. The first kappa shape index (κ1) is 11.8. The third kappa shape index (κ3) is 2.23. The van der Waals surface area contributed by atoms with Crippen molar-refractivity contribution in [2.24, 2.45) is 10.9 Å². The van der Waals surface area contributed by atoms with Gasteiger partial charge in [-0.15, -0.1) is 0 Å². The molecule has 0 aromatic carbocycles. The summed E-state index contributed by atoms with van der Waals surface area (Å²) in [6, 6.07) is 1.80. The van der Waals surface area contributed by atoms with Crippen LogP contribution < -0.4 is 5.73 Å². The molecular formula is C10H10IN5O. The average molecular weight is 343 g/mol. The van der Waals surface area contributed by atoms with Crippen LogP contribution in [0.4, 0.5) is 0 Å². The van der Waals surface area contributed by atoms with Crippen LogP contribution in [0.25, 0.3) is 5.82 Å². The summed E-state index contributed by atoms with van der Waals surface area (Å²) in [4.78, 5) is 4.22. The largest absolute Gasteiger partial charge is 0.409 e. The molecule has 2 aromatic rings. The first-order valence-corrected chi connectivity index (χ1v) is 5.85. The van der Waals surface area contributed by atoms with Crippen molar-refractivity contribution in [2.75, 3.05) is 0 Å². The molecule has 0 saturated carbocycles. The van der Waals surface area contributed by atoms with Gasteiger partial charge < -0.3 is 10.9 Å². The second kappa shape index (κ2) is 4.70. The molecule has 17 heavy (non-hydrogen) atoms. The first-order chi connectivity index (χ1) is 8.13. The molecule has 0 aliphatic rings. The average Bonchev–Trinajstić information content (AvgIpc) is 2.74. The molecule has 0 bridgehead atoms. The van der Waals surface area contributed by atoms with Crippen LogP contribution in [-0.2, 0) is 0 Å². The van der Waals surface area contributed by atoms with E-state index in [4.69, 9.17) is 10.9 Å². The minimum Gasteiger partial charge on any atom is -0.409 e. The molecule has 7 heteroatoms. The standard InChI is InChI=1S/C10H10IN5O/c1-6-2-3-13-10(8(6)9(12)15-17)16-5-7(11)4-14-16/h2-5,17H,1H3,(H2,12,15). The zero-order valence-corrected chi connectivity index (χ0v) is 11.2. The molecule has 0 aliphatic heterocycles. The van der Waals surface area contributed by atoms with Gasteiger partial charge in [0.2, 0.25) is 0 Å². The van der Waals surface area contributed by atoms with Gasteiger partial charge in [-0.25, -0.2) is 9.67 Å². The highest BCUT2D eigenvalue weighted by atomic mass is 127. The number of nitrogens with zero attached hydrogens (tertiary/aromatic N) is 4. The normalized spacial score (nSPS) is 11.8. The Morgan fingerprint density at radius 1 is 1.59 bits per heavy atom. The molecule has 0 fully saturated rings. The molecule has 0 amide bonds. The molecule has 0 atom stereocenters. The molecule has 3 N–H and O–H groups in total. The van der Waals surface area contributed by atoms with E-state index in [9.17, 15) is 0 Å². The molecule has 2 aromatic heterocycles. The van der Waals surface area contributed by atoms with Crippen molar-refractivity contribution in [3.8, 4) is 5.82 Å². The Morgan fingerprint density at radius 2 is 2.35 bits per heavy atom. The second-order valence-corrected chi connectivity index (χ2v) is 4.66. The monoisotopic (exact) mass is 343 g/mol. The zero-order chi connectivity index (χ0) is 12.4. The summed E-state index contributed by atoms with van der Waals surface area (Å²) in [5.41, 5.74) is 7.11. The van der Waals surface area contributed by atoms with Gasteiger partial charge in [-0.1, -0.05) is 5.16 Å². The van der Waals surface area contributed by atoms with Crippen molar-refractivity contribution in [1.82, 2.24) is 14.8 Å². The van der Waals surface area contributed by atoms with Gasteiger partial charge in [0.25, 0.3) is 0 Å². The van der Waals surface area contributed by atoms with E-state index in [1.54, 1.807) is 23.1 Å². The highest BCUT2D eigenvalue weighted by Crippen LogP contribution is 2.16. The van der Waals surface area contributed by atoms with Crippen LogP contribution in [0.1, 0.15) is 11.1 Å². The van der Waals surface area contributed by atoms with E-state index in [0.29, 0.717) is 11.4 Å². The summed E-state index contributed by atoms with van der Waals surface area (Å²) in [6.45, 7) is 1.87. The van der Waals surface area contributed by atoms with Crippen LogP contribution >= 0.6 is 22.6 Å². The molecule has 0 saturated heterocycles. The molecule has 88 valence electrons. The van der Waals surface area contributed by atoms with Crippen molar-refractivity contribution in [3.63, 3.8) is 0 Å². The Kier molecular flexibility index (Phi) is 3.27. The number of pyridine rings is 1. The number of oxime groups is 1. The Bertz CT molecular complexity index is 578. The number of amidine groups is 1. The van der Waals surface area contributed by atoms with Crippen LogP contribution in [0.2, 0.25) is 0 Å². The topological polar surface area (TPSA) is 89.3 Å². The first-order valence-electron chi connectivity index (χ1n) is 4.77. The zero-order valence-electron chi connectivity index (χ0n) is 9.00. The molecule has 0 aliphatic carbocycles. The van der Waals surface area contributed by atoms with E-state index in [2.05, 4.69) is 37.8 Å². The van der Waals surface area contributed by atoms with E-state index in [-0.39, 0.29) is 5.84 Å². The van der Waals surface area contributed by atoms with E-state index in [0.717, 1.165) is 9.13 Å². The predicted octanol–water partition coefficient (Wildman–Crippen LogP) is 1.27. The molecule has 0 radical (unpaired) electrons. The molecule has 0 unspecified atom stereocenters. The van der Waals surface area contributed by atoms with E-state index < -0.39 is 0 Å². The number of aromatic nitrogens is 3. The fourth-order valence-electron chi connectivity index (χ4n) is 1.50. The highest BCUT2D eigenvalue weighted by Gasteiger charge is 2.14. The predicted molar refractivity (Wildman–Crippen MR) is 71.3 cm³/mol. The fraction of sp³-hybridized carbons (Fsp3) is 0.100. The van der Waals surface area contributed by atoms with E-state index >= 15 is 0 Å².